The van der Waals surface area contributed by atoms with E-state index in [1.165, 1.54) is 24.0 Å². The molecule has 0 atom stereocenters. The maximum Gasteiger partial charge on any atom is 0.317 e. The van der Waals surface area contributed by atoms with Crippen molar-refractivity contribution in [2.45, 2.75) is 59.8 Å². The van der Waals surface area contributed by atoms with Crippen molar-refractivity contribution in [3.05, 3.63) is 23.3 Å². The Labute approximate surface area is 158 Å². The van der Waals surface area contributed by atoms with Crippen LogP contribution in [0.3, 0.4) is 0 Å². The summed E-state index contributed by atoms with van der Waals surface area (Å²) in [4.78, 5) is 28.5. The Kier molecular flexibility index (Phi) is 7.30. The summed E-state index contributed by atoms with van der Waals surface area (Å²) < 4.78 is 0. The second-order valence-corrected chi connectivity index (χ2v) is 8.16. The van der Waals surface area contributed by atoms with Crippen molar-refractivity contribution in [2.75, 3.05) is 32.7 Å². The maximum absolute atomic E-state index is 12.7. The fourth-order valence-electron chi connectivity index (χ4n) is 3.96. The first-order valence-electron chi connectivity index (χ1n) is 10.0. The number of urea groups is 1. The van der Waals surface area contributed by atoms with E-state index in [0.29, 0.717) is 32.7 Å². The summed E-state index contributed by atoms with van der Waals surface area (Å²) in [5, 5.41) is 2.92. The number of amides is 3. The average molecular weight is 362 g/mol. The quantitative estimate of drug-likeness (QED) is 0.776. The summed E-state index contributed by atoms with van der Waals surface area (Å²) >= 11 is 0. The molecule has 0 radical (unpaired) electrons. The number of rotatable bonds is 4. The summed E-state index contributed by atoms with van der Waals surface area (Å²) in [5.74, 6) is 0.0579. The molecule has 0 saturated carbocycles. The molecule has 0 aromatic heterocycles. The van der Waals surface area contributed by atoms with Crippen molar-refractivity contribution in [1.29, 1.82) is 0 Å². The Bertz CT molecular complexity index is 578. The molecule has 0 unspecified atom stereocenters. The van der Waals surface area contributed by atoms with Crippen LogP contribution in [0.15, 0.2) is 23.3 Å². The van der Waals surface area contributed by atoms with Crippen LogP contribution in [0.2, 0.25) is 0 Å². The normalized spacial score (nSPS) is 21.1. The minimum atomic E-state index is -0.0126. The molecule has 2 aliphatic rings. The second kappa shape index (κ2) is 9.24. The van der Waals surface area contributed by atoms with Crippen molar-refractivity contribution in [3.8, 4) is 0 Å². The predicted octanol–water partition coefficient (Wildman–Crippen LogP) is 3.72. The van der Waals surface area contributed by atoms with E-state index in [9.17, 15) is 9.59 Å². The third kappa shape index (κ3) is 5.36. The minimum Gasteiger partial charge on any atom is -0.338 e. The fourth-order valence-corrected chi connectivity index (χ4v) is 3.96. The van der Waals surface area contributed by atoms with Crippen molar-refractivity contribution in [1.82, 2.24) is 15.1 Å². The molecule has 1 N–H and O–H groups in total. The predicted molar refractivity (Wildman–Crippen MR) is 106 cm³/mol. The number of allylic oxidation sites excluding steroid dienone is 3. The van der Waals surface area contributed by atoms with Gasteiger partial charge in [0, 0.05) is 38.8 Å². The summed E-state index contributed by atoms with van der Waals surface area (Å²) in [6, 6.07) is -0.0126. The van der Waals surface area contributed by atoms with Crippen LogP contribution in [-0.4, -0.2) is 54.5 Å². The van der Waals surface area contributed by atoms with Gasteiger partial charge in [-0.1, -0.05) is 32.4 Å². The monoisotopic (exact) mass is 361 g/mol. The standard InChI is InChI=1S/C21H35N3O2/c1-5-12-22-20(26)24-14-7-13-23(15-16-24)19(25)10-9-18-17(2)8-6-11-21(18,3)4/h9-10H,5-8,11-16H2,1-4H3,(H,22,26). The summed E-state index contributed by atoms with van der Waals surface area (Å²) in [6.45, 7) is 12.1. The molecule has 1 saturated heterocycles. The van der Waals surface area contributed by atoms with Gasteiger partial charge in [0.2, 0.25) is 5.91 Å². The Balaban J connectivity index is 1.95. The zero-order valence-electron chi connectivity index (χ0n) is 16.9. The first-order valence-corrected chi connectivity index (χ1v) is 10.0. The molecular weight excluding hydrogens is 326 g/mol. The highest BCUT2D eigenvalue weighted by Gasteiger charge is 2.27. The van der Waals surface area contributed by atoms with Gasteiger partial charge >= 0.3 is 6.03 Å². The zero-order valence-corrected chi connectivity index (χ0v) is 16.9. The van der Waals surface area contributed by atoms with E-state index in [1.54, 1.807) is 6.08 Å². The first-order chi connectivity index (χ1) is 12.3. The van der Waals surface area contributed by atoms with Crippen LogP contribution >= 0.6 is 0 Å². The number of hydrogen-bond donors (Lipinski definition) is 1. The lowest BCUT2D eigenvalue weighted by Crippen LogP contribution is -2.42. The molecule has 2 rings (SSSR count). The molecule has 0 aromatic rings. The van der Waals surface area contributed by atoms with E-state index >= 15 is 0 Å². The maximum atomic E-state index is 12.7. The van der Waals surface area contributed by atoms with Crippen LogP contribution in [0.25, 0.3) is 0 Å². The summed E-state index contributed by atoms with van der Waals surface area (Å²) in [6.07, 6.45) is 9.05. The number of carbonyl (C=O) groups is 2. The van der Waals surface area contributed by atoms with Gasteiger partial charge in [-0.15, -0.1) is 0 Å². The largest absolute Gasteiger partial charge is 0.338 e. The molecule has 5 heteroatoms. The lowest BCUT2D eigenvalue weighted by Gasteiger charge is -2.33. The van der Waals surface area contributed by atoms with Crippen molar-refractivity contribution >= 4 is 11.9 Å². The molecule has 5 nitrogen and oxygen atoms in total. The zero-order chi connectivity index (χ0) is 19.2. The van der Waals surface area contributed by atoms with E-state index < -0.39 is 0 Å². The van der Waals surface area contributed by atoms with Crippen LogP contribution in [0.5, 0.6) is 0 Å². The summed E-state index contributed by atoms with van der Waals surface area (Å²) in [7, 11) is 0. The van der Waals surface area contributed by atoms with Crippen molar-refractivity contribution < 1.29 is 9.59 Å². The topological polar surface area (TPSA) is 52.7 Å². The molecule has 1 heterocycles. The Morgan fingerprint density at radius 1 is 1.12 bits per heavy atom. The Hall–Kier alpha value is -1.78. The van der Waals surface area contributed by atoms with Crippen molar-refractivity contribution in [3.63, 3.8) is 0 Å². The van der Waals surface area contributed by atoms with Crippen LogP contribution in [0.4, 0.5) is 4.79 Å². The Morgan fingerprint density at radius 3 is 2.50 bits per heavy atom. The minimum absolute atomic E-state index is 0.0126. The first kappa shape index (κ1) is 20.5. The summed E-state index contributed by atoms with van der Waals surface area (Å²) in [5.41, 5.74) is 2.86. The van der Waals surface area contributed by atoms with Gasteiger partial charge in [0.15, 0.2) is 0 Å². The highest BCUT2D eigenvalue weighted by Crippen LogP contribution is 2.40. The molecule has 1 aliphatic heterocycles. The third-order valence-electron chi connectivity index (χ3n) is 5.56. The van der Waals surface area contributed by atoms with Gasteiger partial charge in [-0.3, -0.25) is 4.79 Å². The number of carbonyl (C=O) groups excluding carboxylic acids is 2. The molecular formula is C21H35N3O2. The lowest BCUT2D eigenvalue weighted by molar-refractivity contribution is -0.125. The van der Waals surface area contributed by atoms with E-state index in [4.69, 9.17) is 0 Å². The van der Waals surface area contributed by atoms with Crippen LogP contribution in [0.1, 0.15) is 59.8 Å². The molecule has 26 heavy (non-hydrogen) atoms. The SMILES string of the molecule is CCCNC(=O)N1CCCN(C(=O)C=CC2=C(C)CCCC2(C)C)CC1. The molecule has 0 bridgehead atoms. The van der Waals surface area contributed by atoms with Gasteiger partial charge in [-0.2, -0.15) is 0 Å². The van der Waals surface area contributed by atoms with Crippen LogP contribution in [-0.2, 0) is 4.79 Å². The van der Waals surface area contributed by atoms with Gasteiger partial charge in [0.1, 0.15) is 0 Å². The van der Waals surface area contributed by atoms with Gasteiger partial charge < -0.3 is 15.1 Å². The molecule has 146 valence electrons. The number of nitrogens with zero attached hydrogens (tertiary/aromatic N) is 2. The lowest BCUT2D eigenvalue weighted by atomic mass is 9.72. The molecule has 1 aliphatic carbocycles. The van der Waals surface area contributed by atoms with E-state index in [-0.39, 0.29) is 17.4 Å². The highest BCUT2D eigenvalue weighted by atomic mass is 16.2. The van der Waals surface area contributed by atoms with Crippen LogP contribution in [0, 0.1) is 5.41 Å². The van der Waals surface area contributed by atoms with Gasteiger partial charge in [-0.05, 0) is 50.0 Å². The smallest absolute Gasteiger partial charge is 0.317 e. The van der Waals surface area contributed by atoms with E-state index in [1.807, 2.05) is 22.8 Å². The number of nitrogens with one attached hydrogen (secondary N) is 1. The highest BCUT2D eigenvalue weighted by molar-refractivity contribution is 5.88. The molecule has 3 amide bonds. The van der Waals surface area contributed by atoms with Gasteiger partial charge in [0.25, 0.3) is 0 Å². The second-order valence-electron chi connectivity index (χ2n) is 8.16. The molecule has 0 spiro atoms. The average Bonchev–Trinajstić information content (AvgIpc) is 2.84. The van der Waals surface area contributed by atoms with E-state index in [0.717, 1.165) is 19.3 Å². The fraction of sp³-hybridized carbons (Fsp3) is 0.714. The van der Waals surface area contributed by atoms with Crippen LogP contribution < -0.4 is 5.32 Å². The molecule has 0 aromatic carbocycles. The molecule has 1 fully saturated rings. The Morgan fingerprint density at radius 2 is 1.81 bits per heavy atom. The van der Waals surface area contributed by atoms with Gasteiger partial charge in [-0.25, -0.2) is 4.79 Å². The number of hydrogen-bond acceptors (Lipinski definition) is 2. The third-order valence-corrected chi connectivity index (χ3v) is 5.56. The van der Waals surface area contributed by atoms with Crippen molar-refractivity contribution in [2.24, 2.45) is 5.41 Å². The van der Waals surface area contributed by atoms with Gasteiger partial charge in [0.05, 0.1) is 0 Å². The van der Waals surface area contributed by atoms with E-state index in [2.05, 4.69) is 26.1 Å².